The molecule has 0 aromatic heterocycles. The molecule has 4 nitrogen and oxygen atoms in total. The van der Waals surface area contributed by atoms with Gasteiger partial charge in [-0.2, -0.15) is 0 Å². The minimum absolute atomic E-state index is 0.0168. The Morgan fingerprint density at radius 1 is 1.44 bits per heavy atom. The summed E-state index contributed by atoms with van der Waals surface area (Å²) in [4.78, 5) is 0.0168. The monoisotopic (exact) mass is 272 g/mol. The fraction of sp³-hybridized carbons (Fsp3) is 0.500. The molecule has 0 amide bonds. The van der Waals surface area contributed by atoms with E-state index < -0.39 is 15.8 Å². The maximum Gasteiger partial charge on any atom is 0.240 e. The van der Waals surface area contributed by atoms with Gasteiger partial charge < -0.3 is 5.73 Å². The van der Waals surface area contributed by atoms with Gasteiger partial charge in [0, 0.05) is 6.54 Å². The first kappa shape index (κ1) is 13.3. The summed E-state index contributed by atoms with van der Waals surface area (Å²) in [5, 5.41) is 0. The number of hydrogen-bond acceptors (Lipinski definition) is 3. The van der Waals surface area contributed by atoms with Crippen molar-refractivity contribution in [1.29, 1.82) is 0 Å². The highest BCUT2D eigenvalue weighted by atomic mass is 32.2. The van der Waals surface area contributed by atoms with Crippen molar-refractivity contribution in [3.63, 3.8) is 0 Å². The molecule has 18 heavy (non-hydrogen) atoms. The summed E-state index contributed by atoms with van der Waals surface area (Å²) >= 11 is 0. The molecule has 1 aliphatic rings. The van der Waals surface area contributed by atoms with Crippen LogP contribution >= 0.6 is 0 Å². The van der Waals surface area contributed by atoms with Gasteiger partial charge >= 0.3 is 0 Å². The van der Waals surface area contributed by atoms with Crippen molar-refractivity contribution in [2.45, 2.75) is 31.6 Å². The summed E-state index contributed by atoms with van der Waals surface area (Å²) < 4.78 is 40.0. The van der Waals surface area contributed by atoms with E-state index in [1.807, 2.05) is 6.92 Å². The Balaban J connectivity index is 2.24. The Morgan fingerprint density at radius 3 is 2.56 bits per heavy atom. The number of benzene rings is 1. The van der Waals surface area contributed by atoms with E-state index in [-0.39, 0.29) is 21.6 Å². The zero-order valence-electron chi connectivity index (χ0n) is 10.5. The molecule has 100 valence electrons. The van der Waals surface area contributed by atoms with E-state index >= 15 is 0 Å². The van der Waals surface area contributed by atoms with Gasteiger partial charge in [0.25, 0.3) is 0 Å². The first-order chi connectivity index (χ1) is 8.23. The van der Waals surface area contributed by atoms with Crippen LogP contribution in [0.5, 0.6) is 0 Å². The molecule has 6 heteroatoms. The van der Waals surface area contributed by atoms with Crippen LogP contribution in [0.1, 0.15) is 25.3 Å². The van der Waals surface area contributed by atoms with E-state index in [2.05, 4.69) is 4.72 Å². The van der Waals surface area contributed by atoms with Gasteiger partial charge in [-0.3, -0.25) is 0 Å². The maximum absolute atomic E-state index is 13.3. The Bertz CT molecular complexity index is 557. The van der Waals surface area contributed by atoms with Crippen molar-refractivity contribution in [1.82, 2.24) is 4.72 Å². The number of halogens is 1. The third-order valence-electron chi connectivity index (χ3n) is 3.36. The summed E-state index contributed by atoms with van der Waals surface area (Å²) in [6.45, 7) is 3.93. The molecule has 3 N–H and O–H groups in total. The molecule has 0 radical (unpaired) electrons. The highest BCUT2D eigenvalue weighted by Crippen LogP contribution is 2.44. The Morgan fingerprint density at radius 2 is 2.06 bits per heavy atom. The molecule has 1 saturated carbocycles. The van der Waals surface area contributed by atoms with E-state index in [4.69, 9.17) is 5.73 Å². The number of nitrogen functional groups attached to an aromatic ring is 1. The molecule has 0 spiro atoms. The molecule has 0 heterocycles. The Labute approximate surface area is 106 Å². The third-order valence-corrected chi connectivity index (χ3v) is 4.74. The Kier molecular flexibility index (Phi) is 3.11. The number of nitrogens with two attached hydrogens (primary N) is 1. The first-order valence-electron chi connectivity index (χ1n) is 5.79. The van der Waals surface area contributed by atoms with Gasteiger partial charge in [0.15, 0.2) is 0 Å². The number of nitrogens with one attached hydrogen (secondary N) is 1. The van der Waals surface area contributed by atoms with Crippen molar-refractivity contribution in [2.75, 3.05) is 12.3 Å². The Hall–Kier alpha value is -1.14. The molecular formula is C12H17FN2O2S. The summed E-state index contributed by atoms with van der Waals surface area (Å²) in [5.74, 6) is -0.567. The first-order valence-corrected chi connectivity index (χ1v) is 7.27. The second kappa shape index (κ2) is 4.20. The van der Waals surface area contributed by atoms with Crippen LogP contribution in [0.2, 0.25) is 0 Å². The average molecular weight is 272 g/mol. The smallest absolute Gasteiger partial charge is 0.240 e. The predicted octanol–water partition coefficient (Wildman–Crippen LogP) is 1.79. The van der Waals surface area contributed by atoms with Crippen molar-refractivity contribution in [3.05, 3.63) is 23.5 Å². The molecule has 1 aromatic rings. The molecule has 0 atom stereocenters. The van der Waals surface area contributed by atoms with Crippen molar-refractivity contribution >= 4 is 15.7 Å². The summed E-state index contributed by atoms with van der Waals surface area (Å²) in [6.07, 6.45) is 2.06. The second-order valence-electron chi connectivity index (χ2n) is 5.28. The van der Waals surface area contributed by atoms with Gasteiger partial charge in [-0.25, -0.2) is 17.5 Å². The van der Waals surface area contributed by atoms with Crippen molar-refractivity contribution in [3.8, 4) is 0 Å². The van der Waals surface area contributed by atoms with Crippen LogP contribution in [-0.4, -0.2) is 15.0 Å². The van der Waals surface area contributed by atoms with E-state index in [0.717, 1.165) is 18.9 Å². The van der Waals surface area contributed by atoms with Crippen LogP contribution in [0.3, 0.4) is 0 Å². The lowest BCUT2D eigenvalue weighted by Crippen LogP contribution is -2.29. The third kappa shape index (κ3) is 2.64. The van der Waals surface area contributed by atoms with E-state index in [1.165, 1.54) is 13.0 Å². The number of anilines is 1. The zero-order valence-corrected chi connectivity index (χ0v) is 11.3. The average Bonchev–Trinajstić information content (AvgIpc) is 3.02. The summed E-state index contributed by atoms with van der Waals surface area (Å²) in [6, 6.07) is 2.45. The van der Waals surface area contributed by atoms with Crippen molar-refractivity contribution < 1.29 is 12.8 Å². The summed E-state index contributed by atoms with van der Waals surface area (Å²) in [7, 11) is -3.61. The molecule has 0 bridgehead atoms. The predicted molar refractivity (Wildman–Crippen MR) is 68.1 cm³/mol. The van der Waals surface area contributed by atoms with Crippen LogP contribution in [0, 0.1) is 18.2 Å². The van der Waals surface area contributed by atoms with Gasteiger partial charge in [0.2, 0.25) is 10.0 Å². The van der Waals surface area contributed by atoms with Crippen LogP contribution in [0.15, 0.2) is 17.0 Å². The maximum atomic E-state index is 13.3. The summed E-state index contributed by atoms with van der Waals surface area (Å²) in [5.41, 5.74) is 5.61. The van der Waals surface area contributed by atoms with Gasteiger partial charge in [0.05, 0.1) is 10.6 Å². The van der Waals surface area contributed by atoms with E-state index in [9.17, 15) is 12.8 Å². The van der Waals surface area contributed by atoms with Crippen LogP contribution < -0.4 is 10.5 Å². The molecule has 1 aliphatic carbocycles. The second-order valence-corrected chi connectivity index (χ2v) is 7.05. The quantitative estimate of drug-likeness (QED) is 0.821. The molecule has 2 rings (SSSR count). The lowest BCUT2D eigenvalue weighted by atomic mass is 10.2. The van der Waals surface area contributed by atoms with Gasteiger partial charge in [0.1, 0.15) is 5.82 Å². The molecule has 0 aliphatic heterocycles. The number of rotatable bonds is 4. The lowest BCUT2D eigenvalue weighted by Gasteiger charge is -2.12. The standard InChI is InChI=1S/C12H17FN2O2S/c1-8-5-9(6-10(14)11(8)13)18(16,17)15-7-12(2)3-4-12/h5-6,15H,3-4,7,14H2,1-2H3. The largest absolute Gasteiger partial charge is 0.396 e. The fourth-order valence-electron chi connectivity index (χ4n) is 1.66. The van der Waals surface area contributed by atoms with E-state index in [1.54, 1.807) is 0 Å². The van der Waals surface area contributed by atoms with Gasteiger partial charge in [-0.1, -0.05) is 6.92 Å². The minimum Gasteiger partial charge on any atom is -0.396 e. The SMILES string of the molecule is Cc1cc(S(=O)(=O)NCC2(C)CC2)cc(N)c1F. The number of hydrogen-bond donors (Lipinski definition) is 2. The molecular weight excluding hydrogens is 255 g/mol. The molecule has 0 saturated heterocycles. The number of sulfonamides is 1. The molecule has 1 fully saturated rings. The van der Waals surface area contributed by atoms with E-state index in [0.29, 0.717) is 6.54 Å². The fourth-order valence-corrected chi connectivity index (χ4v) is 2.98. The topological polar surface area (TPSA) is 72.2 Å². The van der Waals surface area contributed by atoms with Crippen LogP contribution in [0.4, 0.5) is 10.1 Å². The molecule has 1 aromatic carbocycles. The molecule has 0 unspecified atom stereocenters. The highest BCUT2D eigenvalue weighted by Gasteiger charge is 2.38. The zero-order chi connectivity index (χ0) is 13.6. The van der Waals surface area contributed by atoms with Crippen LogP contribution in [0.25, 0.3) is 0 Å². The van der Waals surface area contributed by atoms with Gasteiger partial charge in [-0.05, 0) is 42.9 Å². The number of aryl methyl sites for hydroxylation is 1. The normalized spacial score (nSPS) is 17.7. The minimum atomic E-state index is -3.61. The highest BCUT2D eigenvalue weighted by molar-refractivity contribution is 7.89. The van der Waals surface area contributed by atoms with Crippen molar-refractivity contribution in [2.24, 2.45) is 5.41 Å². The lowest BCUT2D eigenvalue weighted by molar-refractivity contribution is 0.530. The van der Waals surface area contributed by atoms with Gasteiger partial charge in [-0.15, -0.1) is 0 Å². The van der Waals surface area contributed by atoms with Crippen LogP contribution in [-0.2, 0) is 10.0 Å².